The molecule has 6 nitrogen and oxygen atoms in total. The summed E-state index contributed by atoms with van der Waals surface area (Å²) >= 11 is 12.2. The molecule has 0 saturated heterocycles. The minimum Gasteiger partial charge on any atom is -0.490 e. The number of ether oxygens (including phenoxy) is 2. The highest BCUT2D eigenvalue weighted by Gasteiger charge is 2.39. The Morgan fingerprint density at radius 3 is 2.46 bits per heavy atom. The van der Waals surface area contributed by atoms with E-state index >= 15 is 0 Å². The van der Waals surface area contributed by atoms with E-state index in [4.69, 9.17) is 32.7 Å². The Labute approximate surface area is 227 Å². The van der Waals surface area contributed by atoms with Crippen LogP contribution >= 0.6 is 23.2 Å². The van der Waals surface area contributed by atoms with Crippen LogP contribution in [-0.4, -0.2) is 29.4 Å². The summed E-state index contributed by atoms with van der Waals surface area (Å²) in [6.45, 7) is 4.16. The number of nitriles is 1. The molecule has 1 fully saturated rings. The molecule has 1 aliphatic heterocycles. The van der Waals surface area contributed by atoms with Gasteiger partial charge in [-0.15, -0.1) is 0 Å². The minimum atomic E-state index is -0.492. The van der Waals surface area contributed by atoms with Crippen LogP contribution < -0.4 is 9.47 Å². The van der Waals surface area contributed by atoms with Gasteiger partial charge in [0, 0.05) is 27.2 Å². The molecular weight excluding hydrogens is 511 g/mol. The van der Waals surface area contributed by atoms with Gasteiger partial charge in [-0.25, -0.2) is 0 Å². The van der Waals surface area contributed by atoms with Crippen LogP contribution in [0.4, 0.5) is 0 Å². The summed E-state index contributed by atoms with van der Waals surface area (Å²) in [5.74, 6) is 0.180. The van der Waals surface area contributed by atoms with Gasteiger partial charge in [-0.3, -0.25) is 14.5 Å². The third-order valence-corrected chi connectivity index (χ3v) is 7.28. The van der Waals surface area contributed by atoms with E-state index < -0.39 is 5.91 Å². The number of imide groups is 1. The number of carbonyl (C=O) groups is 2. The van der Waals surface area contributed by atoms with Crippen molar-refractivity contribution >= 4 is 41.1 Å². The third kappa shape index (κ3) is 5.84. The van der Waals surface area contributed by atoms with Gasteiger partial charge >= 0.3 is 0 Å². The van der Waals surface area contributed by atoms with Crippen molar-refractivity contribution in [1.29, 1.82) is 5.26 Å². The van der Waals surface area contributed by atoms with Crippen LogP contribution in [-0.2, 0) is 16.2 Å². The van der Waals surface area contributed by atoms with Gasteiger partial charge in [0.25, 0.3) is 11.8 Å². The standard InChI is InChI=1S/C29H28Cl2N2O4/c1-3-36-27-14-19(9-12-26(27)37-17-20-10-11-21(30)15-25(20)31)13-23-18(2)24(16-32)29(35)33(28(23)34)22-7-5-4-6-8-22/h9-15,22H,3-8,17H2,1-2H3/b23-13+. The van der Waals surface area contributed by atoms with Crippen molar-refractivity contribution in [3.63, 3.8) is 0 Å². The molecule has 0 bridgehead atoms. The SMILES string of the molecule is CCOc1cc(/C=C2/C(=O)N(C3CCCCC3)C(=O)C(C#N)=C2C)ccc1OCc1ccc(Cl)cc1Cl. The van der Waals surface area contributed by atoms with Crippen LogP contribution in [0.25, 0.3) is 6.08 Å². The fraction of sp³-hybridized carbons (Fsp3) is 0.345. The molecule has 2 aliphatic rings. The predicted octanol–water partition coefficient (Wildman–Crippen LogP) is 6.90. The summed E-state index contributed by atoms with van der Waals surface area (Å²) in [7, 11) is 0. The summed E-state index contributed by atoms with van der Waals surface area (Å²) in [5, 5.41) is 10.8. The normalized spacial score (nSPS) is 17.8. The molecule has 2 aromatic rings. The first-order chi connectivity index (χ1) is 17.8. The molecule has 0 atom stereocenters. The average Bonchev–Trinajstić information content (AvgIpc) is 2.88. The van der Waals surface area contributed by atoms with E-state index in [1.165, 1.54) is 4.90 Å². The summed E-state index contributed by atoms with van der Waals surface area (Å²) < 4.78 is 11.8. The Bertz CT molecular complexity index is 1320. The van der Waals surface area contributed by atoms with Crippen LogP contribution in [0.2, 0.25) is 10.0 Å². The van der Waals surface area contributed by atoms with Crippen molar-refractivity contribution in [2.24, 2.45) is 0 Å². The van der Waals surface area contributed by atoms with Gasteiger partial charge in [0.2, 0.25) is 0 Å². The Kier molecular flexibility index (Phi) is 8.58. The molecule has 1 saturated carbocycles. The van der Waals surface area contributed by atoms with Crippen molar-refractivity contribution in [3.05, 3.63) is 74.3 Å². The van der Waals surface area contributed by atoms with Gasteiger partial charge < -0.3 is 9.47 Å². The van der Waals surface area contributed by atoms with E-state index in [1.807, 2.05) is 19.1 Å². The van der Waals surface area contributed by atoms with Crippen molar-refractivity contribution in [2.45, 2.75) is 58.6 Å². The van der Waals surface area contributed by atoms with Crippen molar-refractivity contribution in [2.75, 3.05) is 6.61 Å². The number of rotatable bonds is 7. The second kappa shape index (κ2) is 11.9. The highest BCUT2D eigenvalue weighted by Crippen LogP contribution is 2.35. The molecule has 37 heavy (non-hydrogen) atoms. The zero-order chi connectivity index (χ0) is 26.5. The average molecular weight is 539 g/mol. The maximum absolute atomic E-state index is 13.5. The molecule has 2 amide bonds. The second-order valence-corrected chi connectivity index (χ2v) is 9.95. The molecule has 0 spiro atoms. The van der Waals surface area contributed by atoms with E-state index in [0.29, 0.717) is 44.9 Å². The lowest BCUT2D eigenvalue weighted by molar-refractivity contribution is -0.143. The first kappa shape index (κ1) is 26.8. The summed E-state index contributed by atoms with van der Waals surface area (Å²) in [6.07, 6.45) is 6.26. The van der Waals surface area contributed by atoms with E-state index in [9.17, 15) is 14.9 Å². The zero-order valence-corrected chi connectivity index (χ0v) is 22.4. The van der Waals surface area contributed by atoms with Gasteiger partial charge in [-0.2, -0.15) is 5.26 Å². The van der Waals surface area contributed by atoms with Crippen LogP contribution in [0.5, 0.6) is 11.5 Å². The van der Waals surface area contributed by atoms with Crippen molar-refractivity contribution < 1.29 is 19.1 Å². The van der Waals surface area contributed by atoms with Crippen molar-refractivity contribution in [3.8, 4) is 17.6 Å². The minimum absolute atomic E-state index is 0.0150. The van der Waals surface area contributed by atoms with Gasteiger partial charge in [-0.05, 0) is 68.2 Å². The Morgan fingerprint density at radius 1 is 1.03 bits per heavy atom. The Hall–Kier alpha value is -3.27. The molecule has 192 valence electrons. The fourth-order valence-electron chi connectivity index (χ4n) is 4.73. The first-order valence-electron chi connectivity index (χ1n) is 12.4. The van der Waals surface area contributed by atoms with Gasteiger partial charge in [-0.1, -0.05) is 54.6 Å². The third-order valence-electron chi connectivity index (χ3n) is 6.69. The molecule has 0 unspecified atom stereocenters. The molecule has 2 aromatic carbocycles. The first-order valence-corrected chi connectivity index (χ1v) is 13.1. The van der Waals surface area contributed by atoms with E-state index in [2.05, 4.69) is 0 Å². The van der Waals surface area contributed by atoms with Crippen LogP contribution in [0.1, 0.15) is 57.1 Å². The van der Waals surface area contributed by atoms with Gasteiger partial charge in [0.1, 0.15) is 18.2 Å². The molecule has 0 N–H and O–H groups in total. The van der Waals surface area contributed by atoms with E-state index in [0.717, 1.165) is 37.7 Å². The largest absolute Gasteiger partial charge is 0.490 e. The molecule has 8 heteroatoms. The van der Waals surface area contributed by atoms with E-state index in [1.54, 1.807) is 43.3 Å². The monoisotopic (exact) mass is 538 g/mol. The molecule has 0 radical (unpaired) electrons. The molecule has 4 rings (SSSR count). The molecule has 1 aliphatic carbocycles. The quantitative estimate of drug-likeness (QED) is 0.283. The number of benzene rings is 2. The highest BCUT2D eigenvalue weighted by atomic mass is 35.5. The van der Waals surface area contributed by atoms with E-state index in [-0.39, 0.29) is 24.1 Å². The highest BCUT2D eigenvalue weighted by molar-refractivity contribution is 6.35. The number of hydrogen-bond donors (Lipinski definition) is 0. The van der Waals surface area contributed by atoms with Crippen LogP contribution in [0.15, 0.2) is 53.1 Å². The lowest BCUT2D eigenvalue weighted by Gasteiger charge is -2.36. The maximum atomic E-state index is 13.5. The number of amides is 2. The fourth-order valence-corrected chi connectivity index (χ4v) is 5.20. The van der Waals surface area contributed by atoms with Crippen molar-refractivity contribution in [1.82, 2.24) is 4.90 Å². The predicted molar refractivity (Wildman–Crippen MR) is 143 cm³/mol. The number of carbonyl (C=O) groups excluding carboxylic acids is 2. The lowest BCUT2D eigenvalue weighted by Crippen LogP contribution is -2.49. The van der Waals surface area contributed by atoms with Gasteiger partial charge in [0.15, 0.2) is 11.5 Å². The number of halogens is 2. The summed E-state index contributed by atoms with van der Waals surface area (Å²) in [4.78, 5) is 27.9. The van der Waals surface area contributed by atoms with Crippen LogP contribution in [0.3, 0.4) is 0 Å². The Morgan fingerprint density at radius 2 is 1.78 bits per heavy atom. The zero-order valence-electron chi connectivity index (χ0n) is 20.9. The number of nitrogens with zero attached hydrogens (tertiary/aromatic N) is 2. The summed E-state index contributed by atoms with van der Waals surface area (Å²) in [5.41, 5.74) is 2.22. The smallest absolute Gasteiger partial charge is 0.271 e. The Balaban J connectivity index is 1.65. The molecular formula is C29H28Cl2N2O4. The van der Waals surface area contributed by atoms with Gasteiger partial charge in [0.05, 0.1) is 6.61 Å². The topological polar surface area (TPSA) is 79.6 Å². The lowest BCUT2D eigenvalue weighted by atomic mass is 9.88. The second-order valence-electron chi connectivity index (χ2n) is 9.11. The molecule has 1 heterocycles. The number of hydrogen-bond acceptors (Lipinski definition) is 5. The summed E-state index contributed by atoms with van der Waals surface area (Å²) in [6, 6.07) is 12.4. The van der Waals surface area contributed by atoms with Crippen LogP contribution in [0, 0.1) is 11.3 Å². The maximum Gasteiger partial charge on any atom is 0.271 e. The molecule has 0 aromatic heterocycles.